The second kappa shape index (κ2) is 5.79. The number of pyridine rings is 1. The predicted octanol–water partition coefficient (Wildman–Crippen LogP) is 1.50. The average molecular weight is 280 g/mol. The highest BCUT2D eigenvalue weighted by Gasteiger charge is 2.27. The SMILES string of the molecule is CC1(C)CN(Cc2cccnc2/C(N)=N/O)CCS1. The van der Waals surface area contributed by atoms with Crippen LogP contribution in [0.3, 0.4) is 0 Å². The third-order valence-corrected chi connectivity index (χ3v) is 4.44. The average Bonchev–Trinajstić information content (AvgIpc) is 2.37. The van der Waals surface area contributed by atoms with Gasteiger partial charge in [0.15, 0.2) is 5.84 Å². The summed E-state index contributed by atoms with van der Waals surface area (Å²) in [6.45, 7) is 7.39. The molecule has 3 N–H and O–H groups in total. The second-order valence-corrected chi connectivity index (χ2v) is 7.12. The number of hydrogen-bond donors (Lipinski definition) is 2. The van der Waals surface area contributed by atoms with Crippen molar-refractivity contribution in [3.8, 4) is 0 Å². The van der Waals surface area contributed by atoms with Crippen LogP contribution < -0.4 is 5.73 Å². The molecule has 6 heteroatoms. The summed E-state index contributed by atoms with van der Waals surface area (Å²) >= 11 is 2.00. The molecule has 1 aromatic heterocycles. The molecule has 1 fully saturated rings. The van der Waals surface area contributed by atoms with Crippen molar-refractivity contribution in [1.82, 2.24) is 9.88 Å². The summed E-state index contributed by atoms with van der Waals surface area (Å²) in [6, 6.07) is 3.86. The molecule has 1 saturated heterocycles. The second-order valence-electron chi connectivity index (χ2n) is 5.32. The van der Waals surface area contributed by atoms with Crippen LogP contribution in [0.1, 0.15) is 25.1 Å². The Morgan fingerprint density at radius 1 is 1.63 bits per heavy atom. The van der Waals surface area contributed by atoms with Gasteiger partial charge in [0.25, 0.3) is 0 Å². The quantitative estimate of drug-likeness (QED) is 0.380. The molecule has 2 rings (SSSR count). The van der Waals surface area contributed by atoms with Gasteiger partial charge in [-0.05, 0) is 25.5 Å². The molecule has 1 aliphatic rings. The lowest BCUT2D eigenvalue weighted by Crippen LogP contribution is -2.42. The van der Waals surface area contributed by atoms with Gasteiger partial charge in [-0.25, -0.2) is 0 Å². The molecular weight excluding hydrogens is 260 g/mol. The number of nitrogens with two attached hydrogens (primary N) is 1. The van der Waals surface area contributed by atoms with Crippen LogP contribution in [0.4, 0.5) is 0 Å². The molecule has 1 aromatic rings. The molecule has 1 aliphatic heterocycles. The minimum Gasteiger partial charge on any atom is -0.409 e. The monoisotopic (exact) mass is 280 g/mol. The molecule has 2 heterocycles. The summed E-state index contributed by atoms with van der Waals surface area (Å²) in [5, 5.41) is 11.9. The van der Waals surface area contributed by atoms with Crippen molar-refractivity contribution in [2.45, 2.75) is 25.1 Å². The highest BCUT2D eigenvalue weighted by atomic mass is 32.2. The van der Waals surface area contributed by atoms with E-state index in [1.165, 1.54) is 0 Å². The third-order valence-electron chi connectivity index (χ3n) is 3.14. The topological polar surface area (TPSA) is 74.7 Å². The molecule has 0 unspecified atom stereocenters. The Labute approximate surface area is 117 Å². The van der Waals surface area contributed by atoms with Gasteiger partial charge in [0, 0.05) is 36.3 Å². The molecule has 0 saturated carbocycles. The lowest BCUT2D eigenvalue weighted by molar-refractivity contribution is 0.252. The van der Waals surface area contributed by atoms with Crippen LogP contribution in [0.2, 0.25) is 0 Å². The fourth-order valence-electron chi connectivity index (χ4n) is 2.33. The van der Waals surface area contributed by atoms with Gasteiger partial charge < -0.3 is 10.9 Å². The minimum absolute atomic E-state index is 0.0706. The van der Waals surface area contributed by atoms with Crippen LogP contribution in [-0.4, -0.2) is 44.5 Å². The fourth-order valence-corrected chi connectivity index (χ4v) is 3.51. The fraction of sp³-hybridized carbons (Fsp3) is 0.538. The Morgan fingerprint density at radius 2 is 2.42 bits per heavy atom. The maximum atomic E-state index is 8.81. The molecule has 0 spiro atoms. The van der Waals surface area contributed by atoms with Crippen molar-refractivity contribution >= 4 is 17.6 Å². The smallest absolute Gasteiger partial charge is 0.189 e. The van der Waals surface area contributed by atoms with E-state index in [2.05, 4.69) is 28.9 Å². The van der Waals surface area contributed by atoms with E-state index in [0.29, 0.717) is 5.69 Å². The number of nitrogens with zero attached hydrogens (tertiary/aromatic N) is 3. The number of amidine groups is 1. The van der Waals surface area contributed by atoms with E-state index in [1.807, 2.05) is 23.9 Å². The van der Waals surface area contributed by atoms with Crippen molar-refractivity contribution in [3.63, 3.8) is 0 Å². The van der Waals surface area contributed by atoms with Gasteiger partial charge in [0.2, 0.25) is 0 Å². The van der Waals surface area contributed by atoms with Gasteiger partial charge in [-0.2, -0.15) is 11.8 Å². The van der Waals surface area contributed by atoms with Crippen LogP contribution in [0.25, 0.3) is 0 Å². The number of aromatic nitrogens is 1. The summed E-state index contributed by atoms with van der Waals surface area (Å²) in [7, 11) is 0. The van der Waals surface area contributed by atoms with Gasteiger partial charge in [0.05, 0.1) is 0 Å². The molecule has 19 heavy (non-hydrogen) atoms. The first-order chi connectivity index (χ1) is 9.02. The Bertz CT molecular complexity index is 475. The van der Waals surface area contributed by atoms with Gasteiger partial charge in [-0.15, -0.1) is 0 Å². The van der Waals surface area contributed by atoms with Crippen LogP contribution in [0, 0.1) is 0 Å². The van der Waals surface area contributed by atoms with Crippen LogP contribution >= 0.6 is 11.8 Å². The first-order valence-electron chi connectivity index (χ1n) is 6.30. The zero-order valence-electron chi connectivity index (χ0n) is 11.3. The predicted molar refractivity (Wildman–Crippen MR) is 78.6 cm³/mol. The van der Waals surface area contributed by atoms with Crippen molar-refractivity contribution < 1.29 is 5.21 Å². The Balaban J connectivity index is 2.15. The molecule has 0 atom stereocenters. The Kier molecular flexibility index (Phi) is 4.31. The van der Waals surface area contributed by atoms with E-state index in [-0.39, 0.29) is 10.6 Å². The molecule has 0 amide bonds. The zero-order valence-corrected chi connectivity index (χ0v) is 12.2. The maximum Gasteiger partial charge on any atom is 0.189 e. The van der Waals surface area contributed by atoms with Crippen molar-refractivity contribution in [2.24, 2.45) is 10.9 Å². The van der Waals surface area contributed by atoms with Crippen molar-refractivity contribution in [3.05, 3.63) is 29.6 Å². The molecule has 0 bridgehead atoms. The molecule has 0 aromatic carbocycles. The minimum atomic E-state index is 0.0706. The summed E-state index contributed by atoms with van der Waals surface area (Å²) in [4.78, 5) is 6.59. The highest BCUT2D eigenvalue weighted by molar-refractivity contribution is 8.00. The van der Waals surface area contributed by atoms with Crippen molar-refractivity contribution in [2.75, 3.05) is 18.8 Å². The van der Waals surface area contributed by atoms with Gasteiger partial charge in [-0.3, -0.25) is 9.88 Å². The summed E-state index contributed by atoms with van der Waals surface area (Å²) in [5.41, 5.74) is 7.24. The van der Waals surface area contributed by atoms with E-state index in [9.17, 15) is 0 Å². The molecule has 0 radical (unpaired) electrons. The van der Waals surface area contributed by atoms with Crippen LogP contribution in [0.15, 0.2) is 23.5 Å². The van der Waals surface area contributed by atoms with E-state index in [0.717, 1.165) is 31.0 Å². The zero-order chi connectivity index (χ0) is 13.9. The lowest BCUT2D eigenvalue weighted by atomic mass is 10.1. The normalized spacial score (nSPS) is 20.4. The first kappa shape index (κ1) is 14.1. The standard InChI is InChI=1S/C13H20N4OS/c1-13(2)9-17(6-7-19-13)8-10-4-3-5-15-11(10)12(14)16-18/h3-5,18H,6-9H2,1-2H3,(H2,14,16). The first-order valence-corrected chi connectivity index (χ1v) is 7.28. The van der Waals surface area contributed by atoms with Crippen molar-refractivity contribution in [1.29, 1.82) is 0 Å². The lowest BCUT2D eigenvalue weighted by Gasteiger charge is -2.37. The number of rotatable bonds is 3. The summed E-state index contributed by atoms with van der Waals surface area (Å²) in [6.07, 6.45) is 1.66. The van der Waals surface area contributed by atoms with Crippen LogP contribution in [-0.2, 0) is 6.54 Å². The van der Waals surface area contributed by atoms with Gasteiger partial charge >= 0.3 is 0 Å². The summed E-state index contributed by atoms with van der Waals surface area (Å²) < 4.78 is 0.275. The summed E-state index contributed by atoms with van der Waals surface area (Å²) in [5.74, 6) is 1.20. The van der Waals surface area contributed by atoms with E-state index in [4.69, 9.17) is 10.9 Å². The van der Waals surface area contributed by atoms with Gasteiger partial charge in [0.1, 0.15) is 5.69 Å². The molecular formula is C13H20N4OS. The largest absolute Gasteiger partial charge is 0.409 e. The van der Waals surface area contributed by atoms with Gasteiger partial charge in [-0.1, -0.05) is 11.2 Å². The molecule has 0 aliphatic carbocycles. The highest BCUT2D eigenvalue weighted by Crippen LogP contribution is 2.30. The number of oxime groups is 1. The molecule has 104 valence electrons. The Hall–Kier alpha value is -1.27. The number of hydrogen-bond acceptors (Lipinski definition) is 5. The molecule has 5 nitrogen and oxygen atoms in total. The van der Waals surface area contributed by atoms with E-state index in [1.54, 1.807) is 6.20 Å². The van der Waals surface area contributed by atoms with E-state index >= 15 is 0 Å². The third kappa shape index (κ3) is 3.61. The van der Waals surface area contributed by atoms with Crippen LogP contribution in [0.5, 0.6) is 0 Å². The van der Waals surface area contributed by atoms with E-state index < -0.39 is 0 Å². The Morgan fingerprint density at radius 3 is 3.11 bits per heavy atom. The number of thioether (sulfide) groups is 1. The maximum absolute atomic E-state index is 8.81.